The van der Waals surface area contributed by atoms with Gasteiger partial charge in [-0.05, 0) is 24.3 Å². The number of cyclic esters (lactones) is 1. The van der Waals surface area contributed by atoms with Gasteiger partial charge >= 0.3 is 11.9 Å². The van der Waals surface area contributed by atoms with Crippen LogP contribution in [-0.2, 0) is 19.1 Å². The van der Waals surface area contributed by atoms with Gasteiger partial charge in [0.15, 0.2) is 0 Å². The van der Waals surface area contributed by atoms with Crippen LogP contribution >= 0.6 is 11.6 Å². The molecule has 0 amide bonds. The average Bonchev–Trinajstić information content (AvgIpc) is 2.97. The first-order chi connectivity index (χ1) is 10.1. The number of fused-ring (bicyclic) bond motifs is 1. The van der Waals surface area contributed by atoms with E-state index in [0.29, 0.717) is 0 Å². The molecule has 4 unspecified atom stereocenters. The standard InChI is InChI=1S/C16H17ClO4/c1-20-15(19)16(17)12-9-5-8-11(12)13(14(18)21-16)10-6-3-2-4-7-10/h2-4,6-7,11-13H,5,8-9H2,1H3. The number of carbonyl (C=O) groups excluding carboxylic acids is 2. The summed E-state index contributed by atoms with van der Waals surface area (Å²) in [5.41, 5.74) is 0.919. The number of alkyl halides is 1. The molecule has 1 saturated carbocycles. The number of esters is 2. The van der Waals surface area contributed by atoms with Crippen LogP contribution in [0.4, 0.5) is 0 Å². The predicted octanol–water partition coefficient (Wildman–Crippen LogP) is 2.85. The van der Waals surface area contributed by atoms with Crippen LogP contribution in [0.3, 0.4) is 0 Å². The summed E-state index contributed by atoms with van der Waals surface area (Å²) in [5, 5.41) is -1.67. The normalized spacial score (nSPS) is 35.0. The van der Waals surface area contributed by atoms with Crippen molar-refractivity contribution in [3.8, 4) is 0 Å². The first kappa shape index (κ1) is 14.4. The second-order valence-electron chi connectivity index (χ2n) is 5.65. The molecular weight excluding hydrogens is 292 g/mol. The van der Waals surface area contributed by atoms with Gasteiger partial charge < -0.3 is 9.47 Å². The zero-order chi connectivity index (χ0) is 15.0. The molecule has 2 aliphatic rings. The van der Waals surface area contributed by atoms with Gasteiger partial charge in [0.2, 0.25) is 0 Å². The number of ether oxygens (including phenoxy) is 2. The molecule has 21 heavy (non-hydrogen) atoms. The number of hydrogen-bond acceptors (Lipinski definition) is 4. The van der Waals surface area contributed by atoms with Crippen molar-refractivity contribution < 1.29 is 19.1 Å². The first-order valence-electron chi connectivity index (χ1n) is 7.13. The van der Waals surface area contributed by atoms with Gasteiger partial charge in [0.25, 0.3) is 5.06 Å². The molecule has 5 heteroatoms. The number of halogens is 1. The summed E-state index contributed by atoms with van der Waals surface area (Å²) < 4.78 is 10.1. The molecule has 0 N–H and O–H groups in total. The lowest BCUT2D eigenvalue weighted by Crippen LogP contribution is -2.53. The van der Waals surface area contributed by atoms with Crippen molar-refractivity contribution in [2.24, 2.45) is 11.8 Å². The Bertz CT molecular complexity index is 559. The summed E-state index contributed by atoms with van der Waals surface area (Å²) in [4.78, 5) is 24.4. The zero-order valence-corrected chi connectivity index (χ0v) is 12.5. The second-order valence-corrected chi connectivity index (χ2v) is 6.21. The van der Waals surface area contributed by atoms with Crippen LogP contribution in [0.2, 0.25) is 0 Å². The van der Waals surface area contributed by atoms with E-state index in [4.69, 9.17) is 21.1 Å². The van der Waals surface area contributed by atoms with Crippen molar-refractivity contribution in [3.05, 3.63) is 35.9 Å². The first-order valence-corrected chi connectivity index (χ1v) is 7.51. The van der Waals surface area contributed by atoms with Crippen molar-refractivity contribution in [2.45, 2.75) is 30.2 Å². The summed E-state index contributed by atoms with van der Waals surface area (Å²) in [7, 11) is 1.26. The largest absolute Gasteiger partial charge is 0.465 e. The fourth-order valence-electron chi connectivity index (χ4n) is 3.68. The lowest BCUT2D eigenvalue weighted by atomic mass is 9.75. The third-order valence-electron chi connectivity index (χ3n) is 4.60. The summed E-state index contributed by atoms with van der Waals surface area (Å²) in [6, 6.07) is 9.54. The molecule has 112 valence electrons. The van der Waals surface area contributed by atoms with Gasteiger partial charge in [-0.1, -0.05) is 48.4 Å². The minimum Gasteiger partial charge on any atom is -0.465 e. The molecule has 0 bridgehead atoms. The summed E-state index contributed by atoms with van der Waals surface area (Å²) in [6.07, 6.45) is 2.56. The molecule has 1 aliphatic carbocycles. The van der Waals surface area contributed by atoms with Crippen molar-refractivity contribution in [1.29, 1.82) is 0 Å². The van der Waals surface area contributed by atoms with Crippen molar-refractivity contribution in [1.82, 2.24) is 0 Å². The Morgan fingerprint density at radius 1 is 1.33 bits per heavy atom. The van der Waals surface area contributed by atoms with Crippen LogP contribution in [0, 0.1) is 11.8 Å². The lowest BCUT2D eigenvalue weighted by Gasteiger charge is -2.41. The van der Waals surface area contributed by atoms with E-state index >= 15 is 0 Å². The van der Waals surface area contributed by atoms with Crippen molar-refractivity contribution >= 4 is 23.5 Å². The predicted molar refractivity (Wildman–Crippen MR) is 76.7 cm³/mol. The van der Waals surface area contributed by atoms with Crippen LogP contribution in [0.25, 0.3) is 0 Å². The van der Waals surface area contributed by atoms with Crippen molar-refractivity contribution in [3.63, 3.8) is 0 Å². The second kappa shape index (κ2) is 5.34. The van der Waals surface area contributed by atoms with Crippen LogP contribution in [-0.4, -0.2) is 24.1 Å². The van der Waals surface area contributed by atoms with Crippen LogP contribution in [0.5, 0.6) is 0 Å². The SMILES string of the molecule is COC(=O)C1(Cl)OC(=O)C(c2ccccc2)C2CCCC21. The quantitative estimate of drug-likeness (QED) is 0.623. The molecule has 1 saturated heterocycles. The smallest absolute Gasteiger partial charge is 0.366 e. The molecule has 2 fully saturated rings. The van der Waals surface area contributed by atoms with E-state index < -0.39 is 17.0 Å². The fraction of sp³-hybridized carbons (Fsp3) is 0.500. The molecule has 0 spiro atoms. The monoisotopic (exact) mass is 308 g/mol. The maximum absolute atomic E-state index is 12.5. The van der Waals surface area contributed by atoms with E-state index in [0.717, 1.165) is 24.8 Å². The third kappa shape index (κ3) is 2.22. The van der Waals surface area contributed by atoms with Gasteiger partial charge in [0.05, 0.1) is 13.0 Å². The molecular formula is C16H17ClO4. The van der Waals surface area contributed by atoms with Gasteiger partial charge in [-0.15, -0.1) is 0 Å². The van der Waals surface area contributed by atoms with Gasteiger partial charge in [-0.3, -0.25) is 4.79 Å². The Morgan fingerprint density at radius 3 is 2.71 bits per heavy atom. The van der Waals surface area contributed by atoms with Crippen LogP contribution in [0.15, 0.2) is 30.3 Å². The number of rotatable bonds is 2. The fourth-order valence-corrected chi connectivity index (χ4v) is 4.11. The third-order valence-corrected chi connectivity index (χ3v) is 5.11. The maximum atomic E-state index is 12.5. The van der Waals surface area contributed by atoms with Crippen LogP contribution < -0.4 is 0 Å². The summed E-state index contributed by atoms with van der Waals surface area (Å²) in [6.45, 7) is 0. The number of hydrogen-bond donors (Lipinski definition) is 0. The Balaban J connectivity index is 1.98. The Hall–Kier alpha value is -1.55. The van der Waals surface area contributed by atoms with Crippen molar-refractivity contribution in [2.75, 3.05) is 7.11 Å². The highest BCUT2D eigenvalue weighted by atomic mass is 35.5. The topological polar surface area (TPSA) is 52.6 Å². The minimum atomic E-state index is -1.67. The molecule has 1 aliphatic heterocycles. The molecule has 4 nitrogen and oxygen atoms in total. The Kier molecular flexibility index (Phi) is 3.66. The molecule has 1 aromatic rings. The minimum absolute atomic E-state index is 0.0187. The highest BCUT2D eigenvalue weighted by Crippen LogP contribution is 2.53. The van der Waals surface area contributed by atoms with E-state index in [9.17, 15) is 9.59 Å². The van der Waals surface area contributed by atoms with Gasteiger partial charge in [0.1, 0.15) is 0 Å². The Labute approximate surface area is 128 Å². The maximum Gasteiger partial charge on any atom is 0.366 e. The highest BCUT2D eigenvalue weighted by Gasteiger charge is 2.60. The molecule has 0 aromatic heterocycles. The number of methoxy groups -OCH3 is 1. The molecule has 1 aromatic carbocycles. The molecule has 0 radical (unpaired) electrons. The highest BCUT2D eigenvalue weighted by molar-refractivity contribution is 6.34. The number of carbonyl (C=O) groups is 2. The van der Waals surface area contributed by atoms with E-state index in [2.05, 4.69) is 0 Å². The Morgan fingerprint density at radius 2 is 2.05 bits per heavy atom. The van der Waals surface area contributed by atoms with E-state index in [-0.39, 0.29) is 17.8 Å². The molecule has 1 heterocycles. The average molecular weight is 309 g/mol. The molecule has 4 atom stereocenters. The van der Waals surface area contributed by atoms with Gasteiger partial charge in [-0.2, -0.15) is 0 Å². The zero-order valence-electron chi connectivity index (χ0n) is 11.8. The van der Waals surface area contributed by atoms with Gasteiger partial charge in [-0.25, -0.2) is 4.79 Å². The van der Waals surface area contributed by atoms with Crippen LogP contribution in [0.1, 0.15) is 30.7 Å². The van der Waals surface area contributed by atoms with E-state index in [1.807, 2.05) is 30.3 Å². The van der Waals surface area contributed by atoms with Gasteiger partial charge in [0, 0.05) is 5.92 Å². The van der Waals surface area contributed by atoms with E-state index in [1.165, 1.54) is 7.11 Å². The number of benzene rings is 1. The molecule has 3 rings (SSSR count). The summed E-state index contributed by atoms with van der Waals surface area (Å²) in [5.74, 6) is -1.65. The summed E-state index contributed by atoms with van der Waals surface area (Å²) >= 11 is 6.36. The van der Waals surface area contributed by atoms with E-state index in [1.54, 1.807) is 0 Å². The lowest BCUT2D eigenvalue weighted by molar-refractivity contribution is -0.187.